The molecule has 0 bridgehead atoms. The van der Waals surface area contributed by atoms with E-state index in [9.17, 15) is 4.79 Å². The highest BCUT2D eigenvalue weighted by Gasteiger charge is 2.07. The number of hydrogen-bond acceptors (Lipinski definition) is 3. The first kappa shape index (κ1) is 16.5. The predicted octanol–water partition coefficient (Wildman–Crippen LogP) is 4.49. The second-order valence-corrected chi connectivity index (χ2v) is 5.73. The van der Waals surface area contributed by atoms with Crippen molar-refractivity contribution < 1.29 is 9.53 Å². The van der Waals surface area contributed by atoms with Crippen molar-refractivity contribution in [1.82, 2.24) is 0 Å². The van der Waals surface area contributed by atoms with Crippen molar-refractivity contribution in [3.05, 3.63) is 29.8 Å². The molecule has 0 fully saturated rings. The van der Waals surface area contributed by atoms with Crippen LogP contribution in [0.3, 0.4) is 0 Å². The summed E-state index contributed by atoms with van der Waals surface area (Å²) in [4.78, 5) is 11.7. The van der Waals surface area contributed by atoms with Gasteiger partial charge in [0.15, 0.2) is 0 Å². The Morgan fingerprint density at radius 3 is 2.35 bits per heavy atom. The number of ether oxygens (including phenoxy) is 1. The zero-order chi connectivity index (χ0) is 15.0. The van der Waals surface area contributed by atoms with Crippen molar-refractivity contribution in [3.8, 4) is 0 Å². The van der Waals surface area contributed by atoms with E-state index in [1.165, 1.54) is 6.42 Å². The number of carbonyl (C=O) groups is 1. The maximum absolute atomic E-state index is 11.7. The molecule has 0 radical (unpaired) electrons. The van der Waals surface area contributed by atoms with Crippen LogP contribution >= 0.6 is 0 Å². The van der Waals surface area contributed by atoms with Crippen LogP contribution in [0.25, 0.3) is 0 Å². The summed E-state index contributed by atoms with van der Waals surface area (Å²) in [7, 11) is 0. The standard InChI is InChI=1S/C17H27NO2/c1-5-12-20-17(19)15-8-10-16(11-9-15)18-14(4)7-6-13(2)3/h8-11,13-14,18H,5-7,12H2,1-4H3. The highest BCUT2D eigenvalue weighted by Crippen LogP contribution is 2.15. The zero-order valence-electron chi connectivity index (χ0n) is 13.1. The van der Waals surface area contributed by atoms with Crippen molar-refractivity contribution in [2.45, 2.75) is 53.0 Å². The van der Waals surface area contributed by atoms with Gasteiger partial charge in [-0.1, -0.05) is 20.8 Å². The normalized spacial score (nSPS) is 12.2. The molecular weight excluding hydrogens is 250 g/mol. The number of anilines is 1. The van der Waals surface area contributed by atoms with Gasteiger partial charge in [-0.2, -0.15) is 0 Å². The van der Waals surface area contributed by atoms with Crippen LogP contribution in [0.4, 0.5) is 5.69 Å². The van der Waals surface area contributed by atoms with Crippen LogP contribution in [-0.4, -0.2) is 18.6 Å². The molecule has 1 N–H and O–H groups in total. The van der Waals surface area contributed by atoms with Crippen molar-refractivity contribution in [3.63, 3.8) is 0 Å². The molecule has 1 unspecified atom stereocenters. The van der Waals surface area contributed by atoms with Crippen molar-refractivity contribution in [2.24, 2.45) is 5.92 Å². The molecule has 0 saturated carbocycles. The highest BCUT2D eigenvalue weighted by atomic mass is 16.5. The summed E-state index contributed by atoms with van der Waals surface area (Å²) in [6.45, 7) is 9.13. The SMILES string of the molecule is CCCOC(=O)c1ccc(NC(C)CCC(C)C)cc1. The zero-order valence-corrected chi connectivity index (χ0v) is 13.1. The molecule has 3 nitrogen and oxygen atoms in total. The molecule has 0 heterocycles. The Kier molecular flexibility index (Phi) is 7.13. The minimum absolute atomic E-state index is 0.244. The molecular formula is C17H27NO2. The third kappa shape index (κ3) is 6.09. The third-order valence-electron chi connectivity index (χ3n) is 3.15. The second-order valence-electron chi connectivity index (χ2n) is 5.73. The third-order valence-corrected chi connectivity index (χ3v) is 3.15. The maximum Gasteiger partial charge on any atom is 0.338 e. The molecule has 1 atom stereocenters. The minimum atomic E-state index is -0.244. The smallest absolute Gasteiger partial charge is 0.338 e. The molecule has 3 heteroatoms. The van der Waals surface area contributed by atoms with Gasteiger partial charge in [-0.05, 0) is 56.4 Å². The summed E-state index contributed by atoms with van der Waals surface area (Å²) in [5.41, 5.74) is 1.66. The topological polar surface area (TPSA) is 38.3 Å². The van der Waals surface area contributed by atoms with Crippen LogP contribution in [0.1, 0.15) is 57.3 Å². The lowest BCUT2D eigenvalue weighted by Crippen LogP contribution is -2.16. The summed E-state index contributed by atoms with van der Waals surface area (Å²) < 4.78 is 5.10. The molecule has 0 aliphatic rings. The van der Waals surface area contributed by atoms with Crippen molar-refractivity contribution in [1.29, 1.82) is 0 Å². The molecule has 0 aromatic heterocycles. The number of hydrogen-bond donors (Lipinski definition) is 1. The first-order valence-electron chi connectivity index (χ1n) is 7.56. The minimum Gasteiger partial charge on any atom is -0.462 e. The van der Waals surface area contributed by atoms with Crippen LogP contribution < -0.4 is 5.32 Å². The van der Waals surface area contributed by atoms with Gasteiger partial charge in [0.05, 0.1) is 12.2 Å². The fraction of sp³-hybridized carbons (Fsp3) is 0.588. The Morgan fingerprint density at radius 1 is 1.15 bits per heavy atom. The van der Waals surface area contributed by atoms with Gasteiger partial charge in [-0.3, -0.25) is 0 Å². The van der Waals surface area contributed by atoms with Gasteiger partial charge in [0.2, 0.25) is 0 Å². The first-order chi connectivity index (χ1) is 9.52. The number of esters is 1. The van der Waals surface area contributed by atoms with Gasteiger partial charge in [-0.15, -0.1) is 0 Å². The van der Waals surface area contributed by atoms with Gasteiger partial charge in [-0.25, -0.2) is 4.79 Å². The Hall–Kier alpha value is -1.51. The molecule has 0 aliphatic heterocycles. The molecule has 0 aliphatic carbocycles. The van der Waals surface area contributed by atoms with Crippen LogP contribution in [0.2, 0.25) is 0 Å². The highest BCUT2D eigenvalue weighted by molar-refractivity contribution is 5.89. The van der Waals surface area contributed by atoms with Gasteiger partial charge >= 0.3 is 5.97 Å². The Balaban J connectivity index is 2.47. The molecule has 1 aromatic rings. The molecule has 112 valence electrons. The number of carbonyl (C=O) groups excluding carboxylic acids is 1. The molecule has 1 aromatic carbocycles. The van der Waals surface area contributed by atoms with E-state index >= 15 is 0 Å². The predicted molar refractivity (Wildman–Crippen MR) is 84.2 cm³/mol. The fourth-order valence-electron chi connectivity index (χ4n) is 1.92. The summed E-state index contributed by atoms with van der Waals surface area (Å²) in [5, 5.41) is 3.45. The van der Waals surface area contributed by atoms with E-state index in [1.54, 1.807) is 0 Å². The number of rotatable bonds is 8. The Morgan fingerprint density at radius 2 is 1.80 bits per heavy atom. The number of nitrogens with one attached hydrogen (secondary N) is 1. The van der Waals surface area contributed by atoms with Gasteiger partial charge in [0, 0.05) is 11.7 Å². The van der Waals surface area contributed by atoms with Gasteiger partial charge < -0.3 is 10.1 Å². The quantitative estimate of drug-likeness (QED) is 0.711. The molecule has 1 rings (SSSR count). The van der Waals surface area contributed by atoms with Gasteiger partial charge in [0.25, 0.3) is 0 Å². The van der Waals surface area contributed by atoms with E-state index in [0.717, 1.165) is 24.4 Å². The summed E-state index contributed by atoms with van der Waals surface area (Å²) in [5.74, 6) is 0.487. The van der Waals surface area contributed by atoms with Crippen LogP contribution in [0, 0.1) is 5.92 Å². The van der Waals surface area contributed by atoms with E-state index in [2.05, 4.69) is 26.1 Å². The maximum atomic E-state index is 11.7. The number of benzene rings is 1. The van der Waals surface area contributed by atoms with Crippen molar-refractivity contribution >= 4 is 11.7 Å². The lowest BCUT2D eigenvalue weighted by Gasteiger charge is -2.16. The van der Waals surface area contributed by atoms with Crippen molar-refractivity contribution in [2.75, 3.05) is 11.9 Å². The average molecular weight is 277 g/mol. The summed E-state index contributed by atoms with van der Waals surface area (Å²) >= 11 is 0. The van der Waals surface area contributed by atoms with Gasteiger partial charge in [0.1, 0.15) is 0 Å². The van der Waals surface area contributed by atoms with E-state index < -0.39 is 0 Å². The lowest BCUT2D eigenvalue weighted by molar-refractivity contribution is 0.0505. The summed E-state index contributed by atoms with van der Waals surface area (Å²) in [6.07, 6.45) is 3.21. The molecule has 0 spiro atoms. The van der Waals surface area contributed by atoms with Crippen LogP contribution in [0.15, 0.2) is 24.3 Å². The van der Waals surface area contributed by atoms with E-state index in [-0.39, 0.29) is 5.97 Å². The van der Waals surface area contributed by atoms with Crippen LogP contribution in [-0.2, 0) is 4.74 Å². The molecule has 20 heavy (non-hydrogen) atoms. The average Bonchev–Trinajstić information content (AvgIpc) is 2.43. The second kappa shape index (κ2) is 8.62. The monoisotopic (exact) mass is 277 g/mol. The largest absolute Gasteiger partial charge is 0.462 e. The van der Waals surface area contributed by atoms with Crippen LogP contribution in [0.5, 0.6) is 0 Å². The first-order valence-corrected chi connectivity index (χ1v) is 7.56. The Bertz CT molecular complexity index is 398. The molecule has 0 amide bonds. The lowest BCUT2D eigenvalue weighted by atomic mass is 10.0. The van der Waals surface area contributed by atoms with E-state index in [4.69, 9.17) is 4.74 Å². The molecule has 0 saturated heterocycles. The Labute approximate surface area is 122 Å². The van der Waals surface area contributed by atoms with E-state index in [1.807, 2.05) is 31.2 Å². The van der Waals surface area contributed by atoms with E-state index in [0.29, 0.717) is 18.2 Å². The summed E-state index contributed by atoms with van der Waals surface area (Å²) in [6, 6.07) is 7.95. The fourth-order valence-corrected chi connectivity index (χ4v) is 1.92.